The van der Waals surface area contributed by atoms with Gasteiger partial charge in [-0.3, -0.25) is 4.79 Å². The molecule has 3 N–H and O–H groups in total. The highest BCUT2D eigenvalue weighted by atomic mass is 32.2. The van der Waals surface area contributed by atoms with Crippen LogP contribution in [0.1, 0.15) is 0 Å². The van der Waals surface area contributed by atoms with Crippen molar-refractivity contribution in [2.75, 3.05) is 16.9 Å². The van der Waals surface area contributed by atoms with E-state index in [0.717, 1.165) is 16.8 Å². The van der Waals surface area contributed by atoms with Crippen LogP contribution < -0.4 is 11.2 Å². The Balaban J connectivity index is 1.44. The van der Waals surface area contributed by atoms with E-state index in [4.69, 9.17) is 10.3 Å². The van der Waals surface area contributed by atoms with Gasteiger partial charge in [-0.15, -0.1) is 10.2 Å². The van der Waals surface area contributed by atoms with E-state index in [1.165, 1.54) is 22.7 Å². The summed E-state index contributed by atoms with van der Waals surface area (Å²) in [5.74, 6) is 6.93. The lowest BCUT2D eigenvalue weighted by Gasteiger charge is -2.11. The number of hydrogen-bond donors (Lipinski definition) is 2. The second-order valence-corrected chi connectivity index (χ2v) is 6.84. The van der Waals surface area contributed by atoms with Crippen molar-refractivity contribution in [3.8, 4) is 22.7 Å². The van der Waals surface area contributed by atoms with Gasteiger partial charge in [0, 0.05) is 11.3 Å². The van der Waals surface area contributed by atoms with Gasteiger partial charge in [0.15, 0.2) is 5.76 Å². The Morgan fingerprint density at radius 1 is 1.04 bits per heavy atom. The summed E-state index contributed by atoms with van der Waals surface area (Å²) >= 11 is 1.20. The topological polar surface area (TPSA) is 99.0 Å². The van der Waals surface area contributed by atoms with E-state index in [2.05, 4.69) is 15.5 Å². The SMILES string of the molecule is Nn1c(SCC(=O)Nc2ccccc2-c2ccccc2)nnc1-c1ccco1. The lowest BCUT2D eigenvalue weighted by molar-refractivity contribution is -0.113. The summed E-state index contributed by atoms with van der Waals surface area (Å²) in [4.78, 5) is 12.5. The lowest BCUT2D eigenvalue weighted by Crippen LogP contribution is -2.16. The minimum absolute atomic E-state index is 0.149. The normalized spacial score (nSPS) is 10.7. The Bertz CT molecular complexity index is 1080. The molecule has 0 saturated carbocycles. The summed E-state index contributed by atoms with van der Waals surface area (Å²) in [7, 11) is 0. The number of anilines is 1. The number of amides is 1. The summed E-state index contributed by atoms with van der Waals surface area (Å²) in [6.07, 6.45) is 1.54. The monoisotopic (exact) mass is 391 g/mol. The van der Waals surface area contributed by atoms with Gasteiger partial charge in [-0.25, -0.2) is 4.68 Å². The Kier molecular flexibility index (Phi) is 5.11. The van der Waals surface area contributed by atoms with Gasteiger partial charge in [-0.1, -0.05) is 60.3 Å². The molecule has 7 nitrogen and oxygen atoms in total. The van der Waals surface area contributed by atoms with Gasteiger partial charge in [0.25, 0.3) is 0 Å². The molecular formula is C20H17N5O2S. The van der Waals surface area contributed by atoms with Crippen LogP contribution in [0, 0.1) is 0 Å². The van der Waals surface area contributed by atoms with Crippen LogP contribution in [-0.4, -0.2) is 26.5 Å². The van der Waals surface area contributed by atoms with E-state index in [9.17, 15) is 4.79 Å². The third-order valence-corrected chi connectivity index (χ3v) is 4.97. The number of benzene rings is 2. The van der Waals surface area contributed by atoms with Crippen LogP contribution in [0.2, 0.25) is 0 Å². The van der Waals surface area contributed by atoms with Crippen molar-refractivity contribution in [1.82, 2.24) is 14.9 Å². The standard InChI is InChI=1S/C20H17N5O2S/c21-25-19(17-11-6-12-27-17)23-24-20(25)28-13-18(26)22-16-10-5-4-9-15(16)14-7-2-1-3-8-14/h1-12H,13,21H2,(H,22,26). The highest BCUT2D eigenvalue weighted by Crippen LogP contribution is 2.28. The molecule has 1 amide bonds. The molecule has 8 heteroatoms. The predicted octanol–water partition coefficient (Wildman–Crippen LogP) is 3.65. The second-order valence-electron chi connectivity index (χ2n) is 5.90. The Morgan fingerprint density at radius 2 is 1.82 bits per heavy atom. The molecule has 0 spiro atoms. The molecule has 0 saturated heterocycles. The number of carbonyl (C=O) groups is 1. The Morgan fingerprint density at radius 3 is 2.61 bits per heavy atom. The van der Waals surface area contributed by atoms with Crippen molar-refractivity contribution in [2.24, 2.45) is 0 Å². The van der Waals surface area contributed by atoms with Crippen molar-refractivity contribution in [2.45, 2.75) is 5.16 Å². The van der Waals surface area contributed by atoms with Crippen molar-refractivity contribution in [1.29, 1.82) is 0 Å². The Labute approximate surface area is 165 Å². The largest absolute Gasteiger partial charge is 0.461 e. The highest BCUT2D eigenvalue weighted by molar-refractivity contribution is 7.99. The van der Waals surface area contributed by atoms with Crippen LogP contribution in [0.5, 0.6) is 0 Å². The molecule has 0 fully saturated rings. The number of carbonyl (C=O) groups excluding carboxylic acids is 1. The maximum Gasteiger partial charge on any atom is 0.234 e. The quantitative estimate of drug-likeness (QED) is 0.384. The average molecular weight is 391 g/mol. The van der Waals surface area contributed by atoms with Crippen molar-refractivity contribution >= 4 is 23.4 Å². The molecule has 2 aromatic heterocycles. The smallest absolute Gasteiger partial charge is 0.234 e. The molecule has 0 radical (unpaired) electrons. The van der Waals surface area contributed by atoms with Gasteiger partial charge >= 0.3 is 0 Å². The van der Waals surface area contributed by atoms with E-state index >= 15 is 0 Å². The number of nitrogens with one attached hydrogen (secondary N) is 1. The van der Waals surface area contributed by atoms with Gasteiger partial charge < -0.3 is 15.6 Å². The van der Waals surface area contributed by atoms with E-state index in [1.807, 2.05) is 54.6 Å². The van der Waals surface area contributed by atoms with Gasteiger partial charge in [-0.2, -0.15) is 0 Å². The maximum absolute atomic E-state index is 12.5. The molecule has 0 unspecified atom stereocenters. The number of para-hydroxylation sites is 1. The van der Waals surface area contributed by atoms with Gasteiger partial charge in [0.2, 0.25) is 16.9 Å². The molecule has 140 valence electrons. The van der Waals surface area contributed by atoms with Crippen molar-refractivity contribution in [3.63, 3.8) is 0 Å². The third-order valence-electron chi connectivity index (χ3n) is 4.02. The van der Waals surface area contributed by atoms with E-state index < -0.39 is 0 Å². The van der Waals surface area contributed by atoms with Gasteiger partial charge in [0.05, 0.1) is 12.0 Å². The molecular weight excluding hydrogens is 374 g/mol. The summed E-state index contributed by atoms with van der Waals surface area (Å²) in [6.45, 7) is 0. The van der Waals surface area contributed by atoms with E-state index in [0.29, 0.717) is 16.7 Å². The average Bonchev–Trinajstić information content (AvgIpc) is 3.37. The fraction of sp³-hybridized carbons (Fsp3) is 0.0500. The zero-order valence-electron chi connectivity index (χ0n) is 14.8. The van der Waals surface area contributed by atoms with Gasteiger partial charge in [-0.05, 0) is 23.8 Å². The van der Waals surface area contributed by atoms with Crippen LogP contribution >= 0.6 is 11.8 Å². The molecule has 4 aromatic rings. The molecule has 0 bridgehead atoms. The first-order chi connectivity index (χ1) is 13.7. The minimum atomic E-state index is -0.157. The maximum atomic E-state index is 12.5. The summed E-state index contributed by atoms with van der Waals surface area (Å²) in [5, 5.41) is 11.4. The first kappa shape index (κ1) is 17.9. The number of aromatic nitrogens is 3. The molecule has 0 aliphatic carbocycles. The predicted molar refractivity (Wildman–Crippen MR) is 109 cm³/mol. The molecule has 2 heterocycles. The molecule has 0 aliphatic heterocycles. The first-order valence-electron chi connectivity index (χ1n) is 8.54. The molecule has 4 rings (SSSR count). The fourth-order valence-corrected chi connectivity index (χ4v) is 3.38. The fourth-order valence-electron chi connectivity index (χ4n) is 2.73. The summed E-state index contributed by atoms with van der Waals surface area (Å²) < 4.78 is 6.60. The van der Waals surface area contributed by atoms with E-state index in [1.54, 1.807) is 12.1 Å². The van der Waals surface area contributed by atoms with E-state index in [-0.39, 0.29) is 11.7 Å². The zero-order valence-corrected chi connectivity index (χ0v) is 15.6. The molecule has 0 atom stereocenters. The van der Waals surface area contributed by atoms with Crippen LogP contribution in [0.4, 0.5) is 5.69 Å². The number of nitrogen functional groups attached to an aromatic ring is 1. The summed E-state index contributed by atoms with van der Waals surface area (Å²) in [5.41, 5.74) is 2.75. The number of nitrogens with two attached hydrogens (primary N) is 1. The van der Waals surface area contributed by atoms with Crippen molar-refractivity contribution < 1.29 is 9.21 Å². The number of nitrogens with zero attached hydrogens (tertiary/aromatic N) is 3. The van der Waals surface area contributed by atoms with Crippen LogP contribution in [0.3, 0.4) is 0 Å². The number of hydrogen-bond acceptors (Lipinski definition) is 6. The Hall–Kier alpha value is -3.52. The van der Waals surface area contributed by atoms with Crippen molar-refractivity contribution in [3.05, 3.63) is 73.0 Å². The molecule has 2 aromatic carbocycles. The highest BCUT2D eigenvalue weighted by Gasteiger charge is 2.16. The minimum Gasteiger partial charge on any atom is -0.461 e. The number of furan rings is 1. The summed E-state index contributed by atoms with van der Waals surface area (Å²) in [6, 6.07) is 21.1. The molecule has 0 aliphatic rings. The zero-order chi connectivity index (χ0) is 19.3. The second kappa shape index (κ2) is 8.01. The van der Waals surface area contributed by atoms with Crippen LogP contribution in [0.25, 0.3) is 22.7 Å². The first-order valence-corrected chi connectivity index (χ1v) is 9.52. The van der Waals surface area contributed by atoms with Crippen LogP contribution in [0.15, 0.2) is 82.6 Å². The lowest BCUT2D eigenvalue weighted by atomic mass is 10.0. The van der Waals surface area contributed by atoms with Crippen LogP contribution in [-0.2, 0) is 4.79 Å². The third kappa shape index (κ3) is 3.77. The number of rotatable bonds is 6. The van der Waals surface area contributed by atoms with Gasteiger partial charge in [0.1, 0.15) is 0 Å². The molecule has 28 heavy (non-hydrogen) atoms. The number of thioether (sulfide) groups is 1.